The molecule has 1 N–H and O–H groups in total. The molecule has 8 nitrogen and oxygen atoms in total. The lowest BCUT2D eigenvalue weighted by Gasteiger charge is -2.34. The number of aliphatic hydroxyl groups excluding tert-OH is 1. The zero-order valence-electron chi connectivity index (χ0n) is 14.6. The number of rotatable bonds is 4. The number of terminal acetylenes is 1. The fourth-order valence-corrected chi connectivity index (χ4v) is 3.66. The van der Waals surface area contributed by atoms with Crippen LogP contribution in [0.3, 0.4) is 0 Å². The lowest BCUT2D eigenvalue weighted by Crippen LogP contribution is -2.49. The molecule has 0 bridgehead atoms. The average Bonchev–Trinajstić information content (AvgIpc) is 3.47. The molecule has 2 aliphatic heterocycles. The van der Waals surface area contributed by atoms with Crippen molar-refractivity contribution in [3.63, 3.8) is 0 Å². The Morgan fingerprint density at radius 3 is 2.75 bits per heavy atom. The topological polar surface area (TPSA) is 105 Å². The van der Waals surface area contributed by atoms with Crippen LogP contribution in [-0.4, -0.2) is 34.9 Å². The van der Waals surface area contributed by atoms with Gasteiger partial charge in [-0.2, -0.15) is 0 Å². The molecule has 1 saturated heterocycles. The molecule has 1 fully saturated rings. The van der Waals surface area contributed by atoms with E-state index in [1.54, 1.807) is 30.3 Å². The first kappa shape index (κ1) is 18.0. The first-order valence-corrected chi connectivity index (χ1v) is 8.56. The highest BCUT2D eigenvalue weighted by molar-refractivity contribution is 5.92. The van der Waals surface area contributed by atoms with Crippen LogP contribution in [0.2, 0.25) is 0 Å². The molecule has 2 heterocycles. The molecule has 142 valence electrons. The maximum Gasteiger partial charge on any atom is 0.415 e. The Labute approximate surface area is 160 Å². The number of carbonyl (C=O) groups excluding carboxylic acids is 1. The van der Waals surface area contributed by atoms with Gasteiger partial charge in [-0.15, -0.1) is 6.42 Å². The fraction of sp³-hybridized carbons (Fsp3) is 0.250. The highest BCUT2D eigenvalue weighted by atomic mass is 16.6. The number of fused-ring (bicyclic) bond motifs is 3. The smallest absolute Gasteiger partial charge is 0.415 e. The van der Waals surface area contributed by atoms with E-state index in [4.69, 9.17) is 15.9 Å². The SMILES string of the molecule is C#C[C@H]1[C@@H]2O[C@]2(CO)c2ccccc2N1C(=O)OCc1ccccc1[N+](=O)[O-]. The molecule has 0 spiro atoms. The predicted octanol–water partition coefficient (Wildman–Crippen LogP) is 2.34. The Bertz CT molecular complexity index is 1000. The molecule has 0 saturated carbocycles. The van der Waals surface area contributed by atoms with E-state index in [0.717, 1.165) is 0 Å². The predicted molar refractivity (Wildman–Crippen MR) is 98.5 cm³/mol. The molecular weight excluding hydrogens is 364 g/mol. The van der Waals surface area contributed by atoms with E-state index in [0.29, 0.717) is 11.3 Å². The summed E-state index contributed by atoms with van der Waals surface area (Å²) in [5.74, 6) is 2.53. The summed E-state index contributed by atoms with van der Waals surface area (Å²) in [5, 5.41) is 21.0. The first-order chi connectivity index (χ1) is 13.5. The highest BCUT2D eigenvalue weighted by Gasteiger charge is 2.66. The van der Waals surface area contributed by atoms with Gasteiger partial charge in [-0.25, -0.2) is 4.79 Å². The van der Waals surface area contributed by atoms with E-state index in [9.17, 15) is 20.0 Å². The second kappa shape index (κ2) is 6.64. The number of ether oxygens (including phenoxy) is 2. The second-order valence-electron chi connectivity index (χ2n) is 6.53. The van der Waals surface area contributed by atoms with Crippen molar-refractivity contribution in [2.45, 2.75) is 24.4 Å². The van der Waals surface area contributed by atoms with E-state index in [2.05, 4.69) is 5.92 Å². The average molecular weight is 380 g/mol. The second-order valence-corrected chi connectivity index (χ2v) is 6.53. The van der Waals surface area contributed by atoms with E-state index < -0.39 is 28.8 Å². The van der Waals surface area contributed by atoms with Crippen LogP contribution in [0, 0.1) is 22.5 Å². The highest BCUT2D eigenvalue weighted by Crippen LogP contribution is 2.55. The molecule has 2 aliphatic rings. The zero-order chi connectivity index (χ0) is 19.9. The first-order valence-electron chi connectivity index (χ1n) is 8.56. The van der Waals surface area contributed by atoms with Gasteiger partial charge in [0.1, 0.15) is 24.4 Å². The summed E-state index contributed by atoms with van der Waals surface area (Å²) in [6, 6.07) is 12.3. The Morgan fingerprint density at radius 2 is 2.04 bits per heavy atom. The van der Waals surface area contributed by atoms with E-state index in [-0.39, 0.29) is 24.5 Å². The molecule has 8 heteroatoms. The lowest BCUT2D eigenvalue weighted by atomic mass is 9.86. The maximum atomic E-state index is 12.9. The van der Waals surface area contributed by atoms with Crippen LogP contribution in [0.25, 0.3) is 0 Å². The third-order valence-corrected chi connectivity index (χ3v) is 5.07. The maximum absolute atomic E-state index is 12.9. The van der Waals surface area contributed by atoms with E-state index >= 15 is 0 Å². The molecule has 3 atom stereocenters. The third-order valence-electron chi connectivity index (χ3n) is 5.07. The van der Waals surface area contributed by atoms with Crippen LogP contribution in [0.4, 0.5) is 16.2 Å². The number of amides is 1. The number of para-hydroxylation sites is 2. The van der Waals surface area contributed by atoms with Gasteiger partial charge in [-0.05, 0) is 12.1 Å². The number of nitro benzene ring substituents is 1. The minimum Gasteiger partial charge on any atom is -0.444 e. The number of nitrogens with zero attached hydrogens (tertiary/aromatic N) is 2. The van der Waals surface area contributed by atoms with Gasteiger partial charge in [0.2, 0.25) is 0 Å². The summed E-state index contributed by atoms with van der Waals surface area (Å²) in [5.41, 5.74) is 0.365. The van der Waals surface area contributed by atoms with Crippen LogP contribution in [0.5, 0.6) is 0 Å². The van der Waals surface area contributed by atoms with Gasteiger partial charge in [0.25, 0.3) is 5.69 Å². The standard InChI is InChI=1S/C20H16N2O6/c1-2-15-18-20(12-23,28-18)14-8-4-6-10-17(14)21(15)19(24)27-11-13-7-3-5-9-16(13)22(25)26/h1,3-10,15,18,23H,11-12H2/t15-,18-,20+/m0/s1. The Kier molecular flexibility index (Phi) is 4.26. The van der Waals surface area contributed by atoms with Gasteiger partial charge < -0.3 is 14.6 Å². The molecule has 2 aromatic rings. The molecule has 0 aromatic heterocycles. The molecule has 0 radical (unpaired) electrons. The van der Waals surface area contributed by atoms with Crippen LogP contribution in [-0.2, 0) is 21.7 Å². The van der Waals surface area contributed by atoms with Crippen LogP contribution >= 0.6 is 0 Å². The van der Waals surface area contributed by atoms with Gasteiger partial charge in [0.15, 0.2) is 0 Å². The van der Waals surface area contributed by atoms with Crippen molar-refractivity contribution in [1.82, 2.24) is 0 Å². The number of hydrogen-bond acceptors (Lipinski definition) is 6. The molecule has 28 heavy (non-hydrogen) atoms. The number of benzene rings is 2. The van der Waals surface area contributed by atoms with Crippen LogP contribution < -0.4 is 4.90 Å². The van der Waals surface area contributed by atoms with Crippen LogP contribution in [0.15, 0.2) is 48.5 Å². The zero-order valence-corrected chi connectivity index (χ0v) is 14.6. The molecule has 0 aliphatic carbocycles. The summed E-state index contributed by atoms with van der Waals surface area (Å²) >= 11 is 0. The van der Waals surface area contributed by atoms with Crippen molar-refractivity contribution in [1.29, 1.82) is 0 Å². The summed E-state index contributed by atoms with van der Waals surface area (Å²) in [4.78, 5) is 24.8. The number of nitro groups is 1. The quantitative estimate of drug-likeness (QED) is 0.378. The van der Waals surface area contributed by atoms with Gasteiger partial charge >= 0.3 is 6.09 Å². The molecule has 2 aromatic carbocycles. The summed E-state index contributed by atoms with van der Waals surface area (Å²) in [6.45, 7) is -0.533. The summed E-state index contributed by atoms with van der Waals surface area (Å²) < 4.78 is 11.1. The van der Waals surface area contributed by atoms with Gasteiger partial charge in [0.05, 0.1) is 22.8 Å². The van der Waals surface area contributed by atoms with Crippen molar-refractivity contribution in [3.8, 4) is 12.3 Å². The Morgan fingerprint density at radius 1 is 1.32 bits per heavy atom. The summed E-state index contributed by atoms with van der Waals surface area (Å²) in [6.07, 6.45) is 4.35. The third kappa shape index (κ3) is 2.60. The molecule has 1 amide bonds. The Balaban J connectivity index is 1.63. The largest absolute Gasteiger partial charge is 0.444 e. The van der Waals surface area contributed by atoms with Gasteiger partial charge in [-0.3, -0.25) is 15.0 Å². The molecule has 4 rings (SSSR count). The number of hydrogen-bond donors (Lipinski definition) is 1. The minimum absolute atomic E-state index is 0.132. The number of epoxide rings is 1. The summed E-state index contributed by atoms with van der Waals surface area (Å²) in [7, 11) is 0. The molecule has 0 unspecified atom stereocenters. The van der Waals surface area contributed by atoms with Gasteiger partial charge in [-0.1, -0.05) is 36.3 Å². The van der Waals surface area contributed by atoms with E-state index in [1.807, 2.05) is 0 Å². The Hall–Kier alpha value is -3.41. The minimum atomic E-state index is -0.914. The van der Waals surface area contributed by atoms with Crippen molar-refractivity contribution < 1.29 is 24.3 Å². The normalized spacial score (nSPS) is 24.5. The van der Waals surface area contributed by atoms with E-state index in [1.165, 1.54) is 23.1 Å². The van der Waals surface area contributed by atoms with Crippen molar-refractivity contribution in [2.75, 3.05) is 11.5 Å². The number of anilines is 1. The van der Waals surface area contributed by atoms with Crippen molar-refractivity contribution >= 4 is 17.5 Å². The monoisotopic (exact) mass is 380 g/mol. The fourth-order valence-electron chi connectivity index (χ4n) is 3.66. The number of carbonyl (C=O) groups is 1. The van der Waals surface area contributed by atoms with Crippen molar-refractivity contribution in [3.05, 3.63) is 69.8 Å². The van der Waals surface area contributed by atoms with Gasteiger partial charge in [0, 0.05) is 11.6 Å². The lowest BCUT2D eigenvalue weighted by molar-refractivity contribution is -0.385. The number of aliphatic hydroxyl groups is 1. The van der Waals surface area contributed by atoms with Crippen LogP contribution in [0.1, 0.15) is 11.1 Å². The van der Waals surface area contributed by atoms with Crippen molar-refractivity contribution in [2.24, 2.45) is 0 Å². The molecular formula is C20H16N2O6.